The van der Waals surface area contributed by atoms with Crippen molar-refractivity contribution in [3.05, 3.63) is 17.5 Å². The molecule has 2 saturated carbocycles. The minimum Gasteiger partial charge on any atom is -0.213 e. The summed E-state index contributed by atoms with van der Waals surface area (Å²) in [5.74, 6) is 1.53. The normalized spacial score (nSPS) is 23.1. The van der Waals surface area contributed by atoms with Crippen molar-refractivity contribution >= 4 is 12.8 Å². The van der Waals surface area contributed by atoms with Gasteiger partial charge < -0.3 is 0 Å². The predicted octanol–water partition coefficient (Wildman–Crippen LogP) is 2.33. The van der Waals surface area contributed by atoms with Crippen molar-refractivity contribution in [2.24, 2.45) is 0 Å². The monoisotopic (exact) mass is 180 g/mol. The van der Waals surface area contributed by atoms with E-state index in [1.54, 1.807) is 4.09 Å². The highest BCUT2D eigenvalue weighted by molar-refractivity contribution is 7.78. The molecule has 0 unspecified atom stereocenters. The molecular formula is C9H12N2S. The lowest BCUT2D eigenvalue weighted by Crippen LogP contribution is -1.89. The minimum absolute atomic E-state index is 0.760. The lowest BCUT2D eigenvalue weighted by Gasteiger charge is -1.93. The van der Waals surface area contributed by atoms with Gasteiger partial charge >= 0.3 is 0 Å². The average Bonchev–Trinajstić information content (AvgIpc) is 2.93. The summed E-state index contributed by atoms with van der Waals surface area (Å²) in [5, 5.41) is 4.41. The van der Waals surface area contributed by atoms with Crippen LogP contribution in [0.3, 0.4) is 0 Å². The standard InChI is InChI=1S/C9H12N2S/c12-11-9(7-3-4-7)5-8(10-11)6-1-2-6/h5-7,12H,1-4H2. The lowest BCUT2D eigenvalue weighted by atomic mass is 10.2. The molecule has 0 bridgehead atoms. The topological polar surface area (TPSA) is 17.8 Å². The van der Waals surface area contributed by atoms with Crippen molar-refractivity contribution in [2.45, 2.75) is 37.5 Å². The van der Waals surface area contributed by atoms with Crippen LogP contribution < -0.4 is 0 Å². The summed E-state index contributed by atoms with van der Waals surface area (Å²) in [4.78, 5) is 0. The highest BCUT2D eigenvalue weighted by Crippen LogP contribution is 2.44. The van der Waals surface area contributed by atoms with E-state index in [4.69, 9.17) is 0 Å². The first-order chi connectivity index (χ1) is 5.84. The maximum absolute atomic E-state index is 4.41. The average molecular weight is 180 g/mol. The highest BCUT2D eigenvalue weighted by Gasteiger charge is 2.31. The zero-order valence-corrected chi connectivity index (χ0v) is 7.80. The van der Waals surface area contributed by atoms with Gasteiger partial charge in [-0.25, -0.2) is 4.09 Å². The quantitative estimate of drug-likeness (QED) is 0.692. The van der Waals surface area contributed by atoms with Crippen molar-refractivity contribution in [1.29, 1.82) is 0 Å². The van der Waals surface area contributed by atoms with Crippen LogP contribution in [0.25, 0.3) is 0 Å². The van der Waals surface area contributed by atoms with Gasteiger partial charge in [-0.1, -0.05) is 0 Å². The van der Waals surface area contributed by atoms with Crippen molar-refractivity contribution in [2.75, 3.05) is 0 Å². The number of rotatable bonds is 2. The van der Waals surface area contributed by atoms with E-state index in [2.05, 4.69) is 24.0 Å². The third kappa shape index (κ3) is 1.07. The van der Waals surface area contributed by atoms with E-state index in [0.717, 1.165) is 11.8 Å². The first kappa shape index (κ1) is 7.01. The van der Waals surface area contributed by atoms with Gasteiger partial charge in [-0.15, -0.1) is 0 Å². The van der Waals surface area contributed by atoms with Gasteiger partial charge in [0.1, 0.15) is 0 Å². The van der Waals surface area contributed by atoms with E-state index in [-0.39, 0.29) is 0 Å². The second-order valence-corrected chi connectivity index (χ2v) is 4.31. The van der Waals surface area contributed by atoms with Gasteiger partial charge in [0, 0.05) is 11.8 Å². The third-order valence-corrected chi connectivity index (χ3v) is 3.05. The van der Waals surface area contributed by atoms with Gasteiger partial charge in [0.05, 0.1) is 11.4 Å². The van der Waals surface area contributed by atoms with Gasteiger partial charge in [-0.05, 0) is 44.6 Å². The molecule has 2 aliphatic rings. The molecule has 2 aliphatic carbocycles. The van der Waals surface area contributed by atoms with E-state index in [1.165, 1.54) is 37.1 Å². The lowest BCUT2D eigenvalue weighted by molar-refractivity contribution is 0.881. The molecule has 1 aromatic heterocycles. The summed E-state index contributed by atoms with van der Waals surface area (Å²) >= 11 is 4.33. The molecule has 3 heteroatoms. The number of nitrogens with zero attached hydrogens (tertiary/aromatic N) is 2. The maximum atomic E-state index is 4.41. The van der Waals surface area contributed by atoms with Gasteiger partial charge in [0.2, 0.25) is 0 Å². The molecule has 0 amide bonds. The van der Waals surface area contributed by atoms with Crippen molar-refractivity contribution in [1.82, 2.24) is 9.19 Å². The van der Waals surface area contributed by atoms with Crippen LogP contribution >= 0.6 is 12.8 Å². The zero-order chi connectivity index (χ0) is 8.13. The van der Waals surface area contributed by atoms with E-state index in [9.17, 15) is 0 Å². The molecule has 0 saturated heterocycles. The molecule has 2 fully saturated rings. The molecule has 0 atom stereocenters. The molecule has 1 aromatic rings. The Labute approximate surface area is 77.5 Å². The van der Waals surface area contributed by atoms with Gasteiger partial charge in [-0.3, -0.25) is 0 Å². The van der Waals surface area contributed by atoms with Gasteiger partial charge in [0.15, 0.2) is 0 Å². The second kappa shape index (κ2) is 2.28. The summed E-state index contributed by atoms with van der Waals surface area (Å²) in [5.41, 5.74) is 2.60. The third-order valence-electron chi connectivity index (χ3n) is 2.73. The molecule has 0 aromatic carbocycles. The molecule has 0 spiro atoms. The zero-order valence-electron chi connectivity index (χ0n) is 6.90. The molecular weight excluding hydrogens is 168 g/mol. The van der Waals surface area contributed by atoms with Crippen LogP contribution in [-0.2, 0) is 0 Å². The molecule has 1 heterocycles. The Morgan fingerprint density at radius 2 is 1.92 bits per heavy atom. The Bertz CT molecular complexity index is 310. The van der Waals surface area contributed by atoms with Gasteiger partial charge in [0.25, 0.3) is 0 Å². The molecule has 0 radical (unpaired) electrons. The Kier molecular flexibility index (Phi) is 1.33. The summed E-state index contributed by atoms with van der Waals surface area (Å²) < 4.78 is 1.78. The number of aromatic nitrogens is 2. The molecule has 64 valence electrons. The van der Waals surface area contributed by atoms with Crippen LogP contribution in [0.15, 0.2) is 6.07 Å². The Morgan fingerprint density at radius 3 is 2.50 bits per heavy atom. The summed E-state index contributed by atoms with van der Waals surface area (Å²) in [6.45, 7) is 0. The molecule has 12 heavy (non-hydrogen) atoms. The summed E-state index contributed by atoms with van der Waals surface area (Å²) in [6, 6.07) is 2.25. The molecule has 0 aliphatic heterocycles. The molecule has 0 N–H and O–H groups in total. The van der Waals surface area contributed by atoms with Gasteiger partial charge in [-0.2, -0.15) is 5.10 Å². The first-order valence-corrected chi connectivity index (χ1v) is 5.03. The SMILES string of the molecule is Sn1nc(C2CC2)cc1C1CC1. The van der Waals surface area contributed by atoms with Crippen LogP contribution in [0.1, 0.15) is 48.9 Å². The smallest absolute Gasteiger partial charge is 0.0669 e. The van der Waals surface area contributed by atoms with E-state index in [1.807, 2.05) is 0 Å². The first-order valence-electron chi connectivity index (χ1n) is 4.63. The van der Waals surface area contributed by atoms with Crippen LogP contribution in [0.4, 0.5) is 0 Å². The Balaban J connectivity index is 1.96. The second-order valence-electron chi connectivity index (χ2n) is 3.93. The van der Waals surface area contributed by atoms with Crippen molar-refractivity contribution in [3.63, 3.8) is 0 Å². The number of hydrogen-bond donors (Lipinski definition) is 1. The van der Waals surface area contributed by atoms with Crippen molar-refractivity contribution < 1.29 is 0 Å². The maximum Gasteiger partial charge on any atom is 0.0669 e. The van der Waals surface area contributed by atoms with E-state index >= 15 is 0 Å². The summed E-state index contributed by atoms with van der Waals surface area (Å²) in [6.07, 6.45) is 5.32. The fourth-order valence-corrected chi connectivity index (χ4v) is 1.97. The Morgan fingerprint density at radius 1 is 1.25 bits per heavy atom. The van der Waals surface area contributed by atoms with E-state index in [0.29, 0.717) is 0 Å². The number of thiol groups is 1. The number of hydrogen-bond acceptors (Lipinski definition) is 2. The molecule has 2 nitrogen and oxygen atoms in total. The fourth-order valence-electron chi connectivity index (χ4n) is 1.64. The summed E-state index contributed by atoms with van der Waals surface area (Å²) in [7, 11) is 0. The largest absolute Gasteiger partial charge is 0.213 e. The van der Waals surface area contributed by atoms with E-state index < -0.39 is 0 Å². The Hall–Kier alpha value is -0.440. The van der Waals surface area contributed by atoms with Crippen LogP contribution in [0.5, 0.6) is 0 Å². The predicted molar refractivity (Wildman–Crippen MR) is 50.6 cm³/mol. The minimum atomic E-state index is 0.760. The van der Waals surface area contributed by atoms with Crippen LogP contribution in [0.2, 0.25) is 0 Å². The van der Waals surface area contributed by atoms with Crippen LogP contribution in [-0.4, -0.2) is 9.19 Å². The fraction of sp³-hybridized carbons (Fsp3) is 0.667. The van der Waals surface area contributed by atoms with Crippen LogP contribution in [0, 0.1) is 0 Å². The van der Waals surface area contributed by atoms with Crippen molar-refractivity contribution in [3.8, 4) is 0 Å². The highest BCUT2D eigenvalue weighted by atomic mass is 32.1. The molecule has 3 rings (SSSR count).